The zero-order valence-electron chi connectivity index (χ0n) is 19.0. The highest BCUT2D eigenvalue weighted by molar-refractivity contribution is 7.14. The number of hydrogen-bond donors (Lipinski definition) is 0. The first-order chi connectivity index (χ1) is 16.0. The number of rotatable bonds is 5. The summed E-state index contributed by atoms with van der Waals surface area (Å²) in [4.78, 5) is 32.8. The van der Waals surface area contributed by atoms with E-state index in [4.69, 9.17) is 4.98 Å². The molecule has 0 radical (unpaired) electrons. The molecule has 0 spiro atoms. The number of halogens is 3. The average Bonchev–Trinajstić information content (AvgIpc) is 3.37. The van der Waals surface area contributed by atoms with Gasteiger partial charge in [-0.15, -0.1) is 11.3 Å². The van der Waals surface area contributed by atoms with Crippen molar-refractivity contribution in [3.8, 4) is 11.3 Å². The monoisotopic (exact) mass is 487 g/mol. The van der Waals surface area contributed by atoms with Crippen molar-refractivity contribution in [3.05, 3.63) is 64.5 Å². The van der Waals surface area contributed by atoms with E-state index >= 15 is 0 Å². The van der Waals surface area contributed by atoms with Gasteiger partial charge in [-0.05, 0) is 38.0 Å². The van der Waals surface area contributed by atoms with E-state index in [0.29, 0.717) is 21.4 Å². The minimum absolute atomic E-state index is 0.257. The van der Waals surface area contributed by atoms with E-state index in [1.54, 1.807) is 0 Å². The van der Waals surface area contributed by atoms with Crippen LogP contribution in [0.1, 0.15) is 23.1 Å². The van der Waals surface area contributed by atoms with Gasteiger partial charge in [-0.1, -0.05) is 42.0 Å². The van der Waals surface area contributed by atoms with E-state index in [-0.39, 0.29) is 13.0 Å². The van der Waals surface area contributed by atoms with Gasteiger partial charge in [0.25, 0.3) is 0 Å². The lowest BCUT2D eigenvalue weighted by Crippen LogP contribution is -2.37. The van der Waals surface area contributed by atoms with E-state index in [1.165, 1.54) is 16.2 Å². The van der Waals surface area contributed by atoms with Gasteiger partial charge in [-0.2, -0.15) is 13.2 Å². The molecule has 3 aromatic rings. The van der Waals surface area contributed by atoms with Crippen molar-refractivity contribution in [1.29, 1.82) is 0 Å². The first kappa shape index (κ1) is 23.9. The molecular weight excluding hydrogens is 463 g/mol. The van der Waals surface area contributed by atoms with E-state index in [9.17, 15) is 22.8 Å². The molecule has 4 rings (SSSR count). The highest BCUT2D eigenvalue weighted by Crippen LogP contribution is 2.37. The first-order valence-electron chi connectivity index (χ1n) is 10.8. The van der Waals surface area contributed by atoms with E-state index in [0.717, 1.165) is 22.3 Å². The molecule has 0 N–H and O–H groups in total. The molecule has 0 bridgehead atoms. The SMILES string of the molecule is Cc1ccc(-c2csc(N(C(=O)C3CC(=O)N(CC(F)(F)F)C3)c3cc(C)ccc3C)n2)cc1. The average molecular weight is 488 g/mol. The van der Waals surface area contributed by atoms with Crippen molar-refractivity contribution in [3.63, 3.8) is 0 Å². The number of benzene rings is 2. The van der Waals surface area contributed by atoms with Gasteiger partial charge in [0, 0.05) is 23.9 Å². The third-order valence-corrected chi connectivity index (χ3v) is 6.62. The van der Waals surface area contributed by atoms with Crippen molar-refractivity contribution in [1.82, 2.24) is 9.88 Å². The van der Waals surface area contributed by atoms with Crippen LogP contribution >= 0.6 is 11.3 Å². The molecule has 0 aliphatic carbocycles. The van der Waals surface area contributed by atoms with Crippen LogP contribution in [0.15, 0.2) is 47.8 Å². The van der Waals surface area contributed by atoms with Crippen molar-refractivity contribution in [2.45, 2.75) is 33.4 Å². The summed E-state index contributed by atoms with van der Waals surface area (Å²) in [6, 6.07) is 13.5. The quantitative estimate of drug-likeness (QED) is 0.456. The summed E-state index contributed by atoms with van der Waals surface area (Å²) in [7, 11) is 0. The fraction of sp³-hybridized carbons (Fsp3) is 0.320. The molecule has 2 amide bonds. The van der Waals surface area contributed by atoms with E-state index in [2.05, 4.69) is 0 Å². The summed E-state index contributed by atoms with van der Waals surface area (Å²) < 4.78 is 38.7. The van der Waals surface area contributed by atoms with Gasteiger partial charge >= 0.3 is 6.18 Å². The lowest BCUT2D eigenvalue weighted by molar-refractivity contribution is -0.157. The molecular formula is C25H24F3N3O2S. The predicted molar refractivity (Wildman–Crippen MR) is 126 cm³/mol. The summed E-state index contributed by atoms with van der Waals surface area (Å²) in [6.45, 7) is 4.12. The van der Waals surface area contributed by atoms with Gasteiger partial charge in [0.15, 0.2) is 5.13 Å². The molecule has 1 aromatic heterocycles. The van der Waals surface area contributed by atoms with Gasteiger partial charge in [0.1, 0.15) is 6.54 Å². The van der Waals surface area contributed by atoms with Crippen molar-refractivity contribution in [2.75, 3.05) is 18.0 Å². The number of thiazole rings is 1. The smallest absolute Gasteiger partial charge is 0.333 e. The van der Waals surface area contributed by atoms with Crippen molar-refractivity contribution >= 4 is 34.0 Å². The molecule has 1 unspecified atom stereocenters. The van der Waals surface area contributed by atoms with Crippen LogP contribution in [0.5, 0.6) is 0 Å². The molecule has 34 heavy (non-hydrogen) atoms. The van der Waals surface area contributed by atoms with Crippen LogP contribution in [0.3, 0.4) is 0 Å². The second-order valence-corrected chi connectivity index (χ2v) is 9.47. The molecule has 5 nitrogen and oxygen atoms in total. The molecule has 1 fully saturated rings. The number of aromatic nitrogens is 1. The molecule has 1 aliphatic rings. The fourth-order valence-electron chi connectivity index (χ4n) is 3.99. The summed E-state index contributed by atoms with van der Waals surface area (Å²) in [5.41, 5.74) is 5.06. The Labute approximate surface area is 199 Å². The fourth-order valence-corrected chi connectivity index (χ4v) is 4.84. The van der Waals surface area contributed by atoms with Gasteiger partial charge in [-0.3, -0.25) is 14.5 Å². The molecule has 0 saturated carbocycles. The summed E-state index contributed by atoms with van der Waals surface area (Å²) >= 11 is 1.28. The van der Waals surface area contributed by atoms with Crippen LogP contribution in [-0.4, -0.2) is 41.0 Å². The van der Waals surface area contributed by atoms with Crippen molar-refractivity contribution in [2.24, 2.45) is 5.92 Å². The Bertz CT molecular complexity index is 1220. The number of alkyl halides is 3. The van der Waals surface area contributed by atoms with Gasteiger partial charge in [0.05, 0.1) is 17.3 Å². The largest absolute Gasteiger partial charge is 0.406 e. The van der Waals surface area contributed by atoms with Gasteiger partial charge < -0.3 is 4.90 Å². The third kappa shape index (κ3) is 5.14. The number of likely N-dealkylation sites (tertiary alicyclic amines) is 1. The second kappa shape index (κ2) is 9.21. The Morgan fingerprint density at radius 3 is 2.47 bits per heavy atom. The van der Waals surface area contributed by atoms with Crippen molar-refractivity contribution < 1.29 is 22.8 Å². The molecule has 9 heteroatoms. The lowest BCUT2D eigenvalue weighted by atomic mass is 10.0. The van der Waals surface area contributed by atoms with Crippen LogP contribution in [0.25, 0.3) is 11.3 Å². The summed E-state index contributed by atoms with van der Waals surface area (Å²) in [5, 5.41) is 2.26. The van der Waals surface area contributed by atoms with Gasteiger partial charge in [0.2, 0.25) is 11.8 Å². The van der Waals surface area contributed by atoms with Crippen LogP contribution in [0.4, 0.5) is 24.0 Å². The van der Waals surface area contributed by atoms with E-state index in [1.807, 2.05) is 68.6 Å². The minimum atomic E-state index is -4.52. The maximum Gasteiger partial charge on any atom is 0.406 e. The number of carbonyl (C=O) groups excluding carboxylic acids is 2. The number of carbonyl (C=O) groups is 2. The highest BCUT2D eigenvalue weighted by atomic mass is 32.1. The van der Waals surface area contributed by atoms with Crippen LogP contribution in [0.2, 0.25) is 0 Å². The van der Waals surface area contributed by atoms with Crippen LogP contribution in [0, 0.1) is 26.7 Å². The first-order valence-corrected chi connectivity index (χ1v) is 11.7. The Kier molecular flexibility index (Phi) is 6.49. The Morgan fingerprint density at radius 2 is 1.79 bits per heavy atom. The molecule has 1 atom stereocenters. The molecule has 178 valence electrons. The second-order valence-electron chi connectivity index (χ2n) is 8.64. The zero-order valence-corrected chi connectivity index (χ0v) is 19.8. The number of anilines is 2. The molecule has 2 heterocycles. The van der Waals surface area contributed by atoms with E-state index < -0.39 is 30.5 Å². The van der Waals surface area contributed by atoms with Crippen LogP contribution < -0.4 is 4.90 Å². The predicted octanol–water partition coefficient (Wildman–Crippen LogP) is 5.81. The molecule has 1 saturated heterocycles. The Morgan fingerprint density at radius 1 is 1.12 bits per heavy atom. The number of aryl methyl sites for hydroxylation is 3. The third-order valence-electron chi connectivity index (χ3n) is 5.79. The zero-order chi connectivity index (χ0) is 24.6. The number of hydrogen-bond acceptors (Lipinski definition) is 4. The Hall–Kier alpha value is -3.20. The topological polar surface area (TPSA) is 53.5 Å². The normalized spacial score (nSPS) is 16.2. The number of nitrogens with zero attached hydrogens (tertiary/aromatic N) is 3. The standard InChI is InChI=1S/C25H24F3N3O2S/c1-15-5-8-18(9-6-15)20-13-34-24(29-20)31(21-10-16(2)4-7-17(21)3)23(33)19-11-22(32)30(12-19)14-25(26,27)28/h4-10,13,19H,11-12,14H2,1-3H3. The highest BCUT2D eigenvalue weighted by Gasteiger charge is 2.42. The molecule has 2 aromatic carbocycles. The van der Waals surface area contributed by atoms with Gasteiger partial charge in [-0.25, -0.2) is 4.98 Å². The minimum Gasteiger partial charge on any atom is -0.333 e. The summed E-state index contributed by atoms with van der Waals surface area (Å²) in [5.74, 6) is -1.99. The maximum absolute atomic E-state index is 13.7. The Balaban J connectivity index is 1.70. The lowest BCUT2D eigenvalue weighted by Gasteiger charge is -2.25. The summed E-state index contributed by atoms with van der Waals surface area (Å²) in [6.07, 6.45) is -4.77. The maximum atomic E-state index is 13.7. The number of amides is 2. The van der Waals surface area contributed by atoms with Crippen LogP contribution in [-0.2, 0) is 9.59 Å². The molecule has 1 aliphatic heterocycles.